The Morgan fingerprint density at radius 2 is 2.22 bits per heavy atom. The second-order valence-electron chi connectivity index (χ2n) is 3.78. The first kappa shape index (κ1) is 13.7. The molecule has 0 saturated heterocycles. The van der Waals surface area contributed by atoms with Crippen LogP contribution in [0.2, 0.25) is 0 Å². The molecule has 1 heterocycles. The topological polar surface area (TPSA) is 34.9 Å². The lowest BCUT2D eigenvalue weighted by atomic mass is 10.2. The van der Waals surface area contributed by atoms with Crippen molar-refractivity contribution in [2.45, 2.75) is 13.5 Å². The van der Waals surface area contributed by atoms with Crippen molar-refractivity contribution in [1.29, 1.82) is 0 Å². The smallest absolute Gasteiger partial charge is 0.267 e. The second kappa shape index (κ2) is 5.48. The summed E-state index contributed by atoms with van der Waals surface area (Å²) in [6, 6.07) is 4.79. The SMILES string of the molecule is Cc1ncc(I)c(=O)n1Cc1ccc(Br)cc1F. The molecular weight excluding hydrogens is 414 g/mol. The van der Waals surface area contributed by atoms with Crippen LogP contribution in [0.5, 0.6) is 0 Å². The van der Waals surface area contributed by atoms with Crippen molar-refractivity contribution in [2.24, 2.45) is 0 Å². The molecule has 0 radical (unpaired) electrons. The third kappa shape index (κ3) is 2.80. The van der Waals surface area contributed by atoms with Crippen molar-refractivity contribution >= 4 is 38.5 Å². The van der Waals surface area contributed by atoms with Gasteiger partial charge in [-0.1, -0.05) is 22.0 Å². The number of aromatic nitrogens is 2. The zero-order valence-electron chi connectivity index (χ0n) is 9.45. The maximum atomic E-state index is 13.7. The zero-order valence-corrected chi connectivity index (χ0v) is 13.2. The molecule has 0 N–H and O–H groups in total. The van der Waals surface area contributed by atoms with Crippen molar-refractivity contribution in [3.8, 4) is 0 Å². The third-order valence-corrected chi connectivity index (χ3v) is 3.78. The zero-order chi connectivity index (χ0) is 13.3. The van der Waals surface area contributed by atoms with Crippen molar-refractivity contribution in [3.63, 3.8) is 0 Å². The van der Waals surface area contributed by atoms with Crippen LogP contribution >= 0.6 is 38.5 Å². The number of aryl methyl sites for hydroxylation is 1. The van der Waals surface area contributed by atoms with Crippen LogP contribution in [0, 0.1) is 16.3 Å². The van der Waals surface area contributed by atoms with Crippen LogP contribution < -0.4 is 5.56 Å². The van der Waals surface area contributed by atoms with Gasteiger partial charge in [0.2, 0.25) is 0 Å². The molecule has 0 spiro atoms. The molecule has 0 aliphatic rings. The highest BCUT2D eigenvalue weighted by atomic mass is 127. The molecule has 2 rings (SSSR count). The lowest BCUT2D eigenvalue weighted by Crippen LogP contribution is -2.26. The van der Waals surface area contributed by atoms with Gasteiger partial charge >= 0.3 is 0 Å². The van der Waals surface area contributed by atoms with E-state index in [1.165, 1.54) is 16.8 Å². The molecule has 1 aromatic heterocycles. The highest BCUT2D eigenvalue weighted by molar-refractivity contribution is 14.1. The molecule has 0 atom stereocenters. The van der Waals surface area contributed by atoms with E-state index >= 15 is 0 Å². The number of benzene rings is 1. The minimum absolute atomic E-state index is 0.148. The summed E-state index contributed by atoms with van der Waals surface area (Å²) >= 11 is 5.13. The summed E-state index contributed by atoms with van der Waals surface area (Å²) in [6.07, 6.45) is 1.52. The largest absolute Gasteiger partial charge is 0.291 e. The Morgan fingerprint density at radius 1 is 1.50 bits per heavy atom. The normalized spacial score (nSPS) is 10.7. The van der Waals surface area contributed by atoms with Crippen LogP contribution in [-0.4, -0.2) is 9.55 Å². The molecule has 0 unspecified atom stereocenters. The number of halogens is 3. The summed E-state index contributed by atoms with van der Waals surface area (Å²) < 4.78 is 16.4. The Kier molecular flexibility index (Phi) is 4.16. The molecule has 0 bridgehead atoms. The number of nitrogens with zero attached hydrogens (tertiary/aromatic N) is 2. The molecule has 94 valence electrons. The minimum Gasteiger partial charge on any atom is -0.291 e. The van der Waals surface area contributed by atoms with E-state index in [2.05, 4.69) is 20.9 Å². The summed E-state index contributed by atoms with van der Waals surface area (Å²) in [5.74, 6) is 0.234. The molecule has 6 heteroatoms. The summed E-state index contributed by atoms with van der Waals surface area (Å²) in [4.78, 5) is 16.1. The summed E-state index contributed by atoms with van der Waals surface area (Å²) in [5.41, 5.74) is 0.317. The van der Waals surface area contributed by atoms with Crippen molar-refractivity contribution in [2.75, 3.05) is 0 Å². The quantitative estimate of drug-likeness (QED) is 0.697. The van der Waals surface area contributed by atoms with Gasteiger partial charge in [-0.05, 0) is 41.6 Å². The van der Waals surface area contributed by atoms with Gasteiger partial charge in [-0.25, -0.2) is 9.37 Å². The van der Waals surface area contributed by atoms with E-state index in [9.17, 15) is 9.18 Å². The van der Waals surface area contributed by atoms with Crippen LogP contribution in [0.1, 0.15) is 11.4 Å². The molecule has 2 aromatic rings. The molecule has 0 fully saturated rings. The molecule has 3 nitrogen and oxygen atoms in total. The molecule has 0 aliphatic heterocycles. The van der Waals surface area contributed by atoms with Crippen LogP contribution in [0.15, 0.2) is 33.7 Å². The fourth-order valence-corrected chi connectivity index (χ4v) is 2.32. The van der Waals surface area contributed by atoms with Crippen LogP contribution in [0.4, 0.5) is 4.39 Å². The van der Waals surface area contributed by atoms with E-state index in [0.717, 1.165) is 0 Å². The van der Waals surface area contributed by atoms with Gasteiger partial charge in [0.05, 0.1) is 10.1 Å². The number of hydrogen-bond donors (Lipinski definition) is 0. The Balaban J connectivity index is 2.46. The number of hydrogen-bond acceptors (Lipinski definition) is 2. The Morgan fingerprint density at radius 3 is 2.89 bits per heavy atom. The highest BCUT2D eigenvalue weighted by Crippen LogP contribution is 2.16. The molecule has 1 aromatic carbocycles. The molecule has 0 amide bonds. The molecule has 0 aliphatic carbocycles. The lowest BCUT2D eigenvalue weighted by molar-refractivity contribution is 0.588. The van der Waals surface area contributed by atoms with Gasteiger partial charge in [-0.2, -0.15) is 0 Å². The van der Waals surface area contributed by atoms with Gasteiger partial charge in [-0.15, -0.1) is 0 Å². The lowest BCUT2D eigenvalue weighted by Gasteiger charge is -2.10. The summed E-state index contributed by atoms with van der Waals surface area (Å²) in [6.45, 7) is 1.92. The van der Waals surface area contributed by atoms with Gasteiger partial charge in [0, 0.05) is 16.2 Å². The maximum Gasteiger partial charge on any atom is 0.267 e. The van der Waals surface area contributed by atoms with Crippen molar-refractivity contribution in [1.82, 2.24) is 9.55 Å². The molecule has 0 saturated carbocycles. The van der Waals surface area contributed by atoms with Gasteiger partial charge < -0.3 is 0 Å². The van der Waals surface area contributed by atoms with Gasteiger partial charge in [0.15, 0.2) is 0 Å². The monoisotopic (exact) mass is 422 g/mol. The van der Waals surface area contributed by atoms with Crippen LogP contribution in [-0.2, 0) is 6.54 Å². The predicted molar refractivity (Wildman–Crippen MR) is 79.2 cm³/mol. The van der Waals surface area contributed by atoms with Crippen molar-refractivity contribution < 1.29 is 4.39 Å². The Labute approximate surface area is 125 Å². The first-order valence-electron chi connectivity index (χ1n) is 5.15. The molecular formula is C12H9BrFIN2O. The summed E-state index contributed by atoms with van der Waals surface area (Å²) in [5, 5.41) is 0. The van der Waals surface area contributed by atoms with Gasteiger partial charge in [-0.3, -0.25) is 9.36 Å². The highest BCUT2D eigenvalue weighted by Gasteiger charge is 2.09. The molecule has 18 heavy (non-hydrogen) atoms. The average molecular weight is 423 g/mol. The fourth-order valence-electron chi connectivity index (χ4n) is 1.56. The standard InChI is InChI=1S/C12H9BrFIN2O/c1-7-16-5-11(15)12(18)17(7)6-8-2-3-9(13)4-10(8)14/h2-5H,6H2,1H3. The first-order chi connectivity index (χ1) is 8.49. The average Bonchev–Trinajstić information content (AvgIpc) is 2.32. The Hall–Kier alpha value is -0.760. The third-order valence-electron chi connectivity index (χ3n) is 2.55. The van der Waals surface area contributed by atoms with E-state index in [1.807, 2.05) is 22.6 Å². The van der Waals surface area contributed by atoms with Crippen LogP contribution in [0.25, 0.3) is 0 Å². The fraction of sp³-hybridized carbons (Fsp3) is 0.167. The predicted octanol–water partition coefficient (Wildman–Crippen LogP) is 3.11. The maximum absolute atomic E-state index is 13.7. The van der Waals surface area contributed by atoms with E-state index in [-0.39, 0.29) is 17.9 Å². The van der Waals surface area contributed by atoms with E-state index in [0.29, 0.717) is 19.4 Å². The first-order valence-corrected chi connectivity index (χ1v) is 7.02. The van der Waals surface area contributed by atoms with Crippen molar-refractivity contribution in [3.05, 3.63) is 60.0 Å². The van der Waals surface area contributed by atoms with Gasteiger partial charge in [0.25, 0.3) is 5.56 Å². The minimum atomic E-state index is -0.338. The van der Waals surface area contributed by atoms with E-state index in [1.54, 1.807) is 19.1 Å². The van der Waals surface area contributed by atoms with E-state index in [4.69, 9.17) is 0 Å². The van der Waals surface area contributed by atoms with Gasteiger partial charge in [0.1, 0.15) is 11.6 Å². The Bertz CT molecular complexity index is 657. The second-order valence-corrected chi connectivity index (χ2v) is 5.86. The van der Waals surface area contributed by atoms with E-state index < -0.39 is 0 Å². The summed E-state index contributed by atoms with van der Waals surface area (Å²) in [7, 11) is 0. The van der Waals surface area contributed by atoms with Crippen LogP contribution in [0.3, 0.4) is 0 Å². The number of rotatable bonds is 2.